The second kappa shape index (κ2) is 7.18. The zero-order chi connectivity index (χ0) is 19.0. The lowest BCUT2D eigenvalue weighted by molar-refractivity contribution is -0.137. The maximum absolute atomic E-state index is 13.3. The minimum absolute atomic E-state index is 0.0404. The van der Waals surface area contributed by atoms with Crippen molar-refractivity contribution in [1.82, 2.24) is 19.6 Å². The second-order valence-electron chi connectivity index (χ2n) is 6.53. The molecule has 27 heavy (non-hydrogen) atoms. The molecule has 1 saturated heterocycles. The van der Waals surface area contributed by atoms with Crippen LogP contribution in [0.2, 0.25) is 5.02 Å². The van der Waals surface area contributed by atoms with E-state index in [4.69, 9.17) is 16.0 Å². The van der Waals surface area contributed by atoms with Crippen LogP contribution < -0.4 is 5.32 Å². The summed E-state index contributed by atoms with van der Waals surface area (Å²) in [6.07, 6.45) is -0.939. The fourth-order valence-electron chi connectivity index (χ4n) is 3.34. The van der Waals surface area contributed by atoms with Gasteiger partial charge in [0.25, 0.3) is 0 Å². The molecule has 3 aromatic heterocycles. The Balaban J connectivity index is 1.86. The first-order chi connectivity index (χ1) is 12.9. The number of pyridine rings is 1. The number of fused-ring (bicyclic) bond motifs is 1. The first-order valence-electron chi connectivity index (χ1n) is 8.68. The number of nitrogens with one attached hydrogen (secondary N) is 1. The molecule has 0 radical (unpaired) electrons. The smallest absolute Gasteiger partial charge is 0.417 e. The van der Waals surface area contributed by atoms with Crippen molar-refractivity contribution in [2.45, 2.75) is 19.1 Å². The van der Waals surface area contributed by atoms with Crippen LogP contribution in [-0.2, 0) is 12.7 Å². The third-order valence-electron chi connectivity index (χ3n) is 4.66. The van der Waals surface area contributed by atoms with Crippen LogP contribution in [0.1, 0.15) is 17.7 Å². The number of hydrogen-bond acceptors (Lipinski definition) is 4. The summed E-state index contributed by atoms with van der Waals surface area (Å²) in [6, 6.07) is 4.38. The van der Waals surface area contributed by atoms with Gasteiger partial charge in [-0.05, 0) is 37.7 Å². The summed E-state index contributed by atoms with van der Waals surface area (Å²) in [5, 5.41) is 3.28. The average Bonchev–Trinajstić information content (AvgIpc) is 3.17. The Morgan fingerprint density at radius 3 is 2.85 bits per heavy atom. The van der Waals surface area contributed by atoms with E-state index in [2.05, 4.69) is 15.2 Å². The first kappa shape index (κ1) is 18.3. The van der Waals surface area contributed by atoms with Gasteiger partial charge < -0.3 is 14.1 Å². The molecule has 1 aliphatic heterocycles. The Bertz CT molecular complexity index is 928. The molecule has 1 fully saturated rings. The summed E-state index contributed by atoms with van der Waals surface area (Å²) >= 11 is 6.15. The van der Waals surface area contributed by atoms with E-state index >= 15 is 0 Å². The van der Waals surface area contributed by atoms with Crippen molar-refractivity contribution in [3.63, 3.8) is 0 Å². The van der Waals surface area contributed by atoms with E-state index in [0.717, 1.165) is 44.9 Å². The molecule has 0 amide bonds. The summed E-state index contributed by atoms with van der Waals surface area (Å²) in [7, 11) is 0. The van der Waals surface area contributed by atoms with Crippen molar-refractivity contribution < 1.29 is 17.6 Å². The lowest BCUT2D eigenvalue weighted by Crippen LogP contribution is -2.28. The molecular formula is C18H18ClF3N4O. The van der Waals surface area contributed by atoms with Gasteiger partial charge in [0.15, 0.2) is 11.4 Å². The van der Waals surface area contributed by atoms with E-state index in [1.54, 1.807) is 12.1 Å². The van der Waals surface area contributed by atoms with Crippen LogP contribution in [-0.4, -0.2) is 40.5 Å². The van der Waals surface area contributed by atoms with Gasteiger partial charge in [0, 0.05) is 25.8 Å². The molecule has 0 aliphatic carbocycles. The van der Waals surface area contributed by atoms with Crippen LogP contribution in [0.25, 0.3) is 17.1 Å². The van der Waals surface area contributed by atoms with E-state index in [0.29, 0.717) is 29.3 Å². The number of rotatable bonds is 3. The lowest BCUT2D eigenvalue weighted by Gasteiger charge is -2.20. The van der Waals surface area contributed by atoms with E-state index in [1.807, 2.05) is 0 Å². The third kappa shape index (κ3) is 3.69. The highest BCUT2D eigenvalue weighted by atomic mass is 35.5. The Morgan fingerprint density at radius 2 is 2.11 bits per heavy atom. The normalized spacial score (nSPS) is 16.7. The second-order valence-corrected chi connectivity index (χ2v) is 6.94. The van der Waals surface area contributed by atoms with Gasteiger partial charge in [0.1, 0.15) is 5.69 Å². The standard InChI is InChI=1S/C18H18ClF3N4O/c19-13-9-12(18(20,21)22)10-26-14(11-25-6-2-4-23-5-7-25)16(24-17(13)26)15-3-1-8-27-15/h1,3,8-10,23H,2,4-7,11H2. The van der Waals surface area contributed by atoms with Crippen molar-refractivity contribution in [3.8, 4) is 11.5 Å². The molecule has 5 nitrogen and oxygen atoms in total. The third-order valence-corrected chi connectivity index (χ3v) is 4.94. The quantitative estimate of drug-likeness (QED) is 0.722. The Labute approximate surface area is 158 Å². The van der Waals surface area contributed by atoms with E-state index in [1.165, 1.54) is 10.7 Å². The monoisotopic (exact) mass is 398 g/mol. The van der Waals surface area contributed by atoms with Crippen LogP contribution >= 0.6 is 11.6 Å². The molecule has 3 aromatic rings. The minimum Gasteiger partial charge on any atom is -0.463 e. The van der Waals surface area contributed by atoms with Crippen molar-refractivity contribution in [2.75, 3.05) is 26.2 Å². The molecule has 0 bridgehead atoms. The molecule has 0 unspecified atom stereocenters. The Hall–Kier alpha value is -2.03. The molecular weight excluding hydrogens is 381 g/mol. The lowest BCUT2D eigenvalue weighted by atomic mass is 10.2. The fraction of sp³-hybridized carbons (Fsp3) is 0.389. The molecule has 9 heteroatoms. The van der Waals surface area contributed by atoms with Crippen LogP contribution in [0.3, 0.4) is 0 Å². The van der Waals surface area contributed by atoms with Crippen LogP contribution in [0, 0.1) is 0 Å². The molecule has 0 aromatic carbocycles. The Morgan fingerprint density at radius 1 is 1.26 bits per heavy atom. The molecule has 1 N–H and O–H groups in total. The molecule has 0 spiro atoms. The topological polar surface area (TPSA) is 45.7 Å². The van der Waals surface area contributed by atoms with Gasteiger partial charge in [-0.1, -0.05) is 11.6 Å². The average molecular weight is 399 g/mol. The van der Waals surface area contributed by atoms with E-state index in [-0.39, 0.29) is 5.02 Å². The molecule has 1 aliphatic rings. The van der Waals surface area contributed by atoms with Crippen LogP contribution in [0.15, 0.2) is 35.1 Å². The summed E-state index contributed by atoms with van der Waals surface area (Å²) in [4.78, 5) is 6.69. The molecule has 144 valence electrons. The number of halogens is 4. The largest absolute Gasteiger partial charge is 0.463 e. The number of imidazole rings is 1. The van der Waals surface area contributed by atoms with Crippen molar-refractivity contribution >= 4 is 17.2 Å². The summed E-state index contributed by atoms with van der Waals surface area (Å²) in [5.41, 5.74) is 0.634. The van der Waals surface area contributed by atoms with Gasteiger partial charge in [0.2, 0.25) is 0 Å². The van der Waals surface area contributed by atoms with Gasteiger partial charge in [-0.2, -0.15) is 13.2 Å². The summed E-state index contributed by atoms with van der Waals surface area (Å²) in [6.45, 7) is 3.87. The van der Waals surface area contributed by atoms with E-state index in [9.17, 15) is 13.2 Å². The van der Waals surface area contributed by atoms with Gasteiger partial charge >= 0.3 is 6.18 Å². The minimum atomic E-state index is -4.49. The number of aromatic nitrogens is 2. The van der Waals surface area contributed by atoms with E-state index < -0.39 is 11.7 Å². The molecule has 0 atom stereocenters. The maximum atomic E-state index is 13.3. The zero-order valence-corrected chi connectivity index (χ0v) is 15.1. The molecule has 4 heterocycles. The number of furan rings is 1. The highest BCUT2D eigenvalue weighted by Crippen LogP contribution is 2.35. The number of alkyl halides is 3. The van der Waals surface area contributed by atoms with Gasteiger partial charge in [-0.25, -0.2) is 4.98 Å². The predicted octanol–water partition coefficient (Wildman–Crippen LogP) is 4.06. The van der Waals surface area contributed by atoms with Gasteiger partial charge in [0.05, 0.1) is 22.5 Å². The highest BCUT2D eigenvalue weighted by molar-refractivity contribution is 6.33. The number of nitrogens with zero attached hydrogens (tertiary/aromatic N) is 3. The number of hydrogen-bond donors (Lipinski definition) is 1. The van der Waals surface area contributed by atoms with Crippen LogP contribution in [0.4, 0.5) is 13.2 Å². The zero-order valence-electron chi connectivity index (χ0n) is 14.4. The van der Waals surface area contributed by atoms with Crippen molar-refractivity contribution in [2.24, 2.45) is 0 Å². The molecule has 0 saturated carbocycles. The molecule has 4 rings (SSSR count). The SMILES string of the molecule is FC(F)(F)c1cc(Cl)c2nc(-c3ccco3)c(CN3CCCNCC3)n2c1. The predicted molar refractivity (Wildman–Crippen MR) is 95.7 cm³/mol. The van der Waals surface area contributed by atoms with Gasteiger partial charge in [-0.3, -0.25) is 4.90 Å². The Kier molecular flexibility index (Phi) is 4.88. The van der Waals surface area contributed by atoms with Crippen LogP contribution in [0.5, 0.6) is 0 Å². The fourth-order valence-corrected chi connectivity index (χ4v) is 3.59. The first-order valence-corrected chi connectivity index (χ1v) is 9.06. The van der Waals surface area contributed by atoms with Crippen molar-refractivity contribution in [3.05, 3.63) is 46.9 Å². The highest BCUT2D eigenvalue weighted by Gasteiger charge is 2.33. The maximum Gasteiger partial charge on any atom is 0.417 e. The summed E-state index contributed by atoms with van der Waals surface area (Å²) < 4.78 is 46.8. The van der Waals surface area contributed by atoms with Gasteiger partial charge in [-0.15, -0.1) is 0 Å². The summed E-state index contributed by atoms with van der Waals surface area (Å²) in [5.74, 6) is 0.506. The van der Waals surface area contributed by atoms with Crippen molar-refractivity contribution in [1.29, 1.82) is 0 Å².